The number of alkyl halides is 3. The Morgan fingerprint density at radius 1 is 1.11 bits per heavy atom. The summed E-state index contributed by atoms with van der Waals surface area (Å²) in [6.45, 7) is 5.52. The Balaban J connectivity index is 1.20. The third kappa shape index (κ3) is 6.55. The molecule has 0 saturated carbocycles. The summed E-state index contributed by atoms with van der Waals surface area (Å²) in [6.07, 6.45) is -3.76. The van der Waals surface area contributed by atoms with Gasteiger partial charge in [0.1, 0.15) is 17.7 Å². The van der Waals surface area contributed by atoms with Gasteiger partial charge in [0.05, 0.1) is 18.3 Å². The van der Waals surface area contributed by atoms with E-state index < -0.39 is 18.1 Å². The number of hydrogen-bond acceptors (Lipinski definition) is 9. The Morgan fingerprint density at radius 3 is 2.57 bits per heavy atom. The molecule has 2 aromatic heterocycles. The normalized spacial score (nSPS) is 18.6. The monoisotopic (exact) mass is 638 g/mol. The molecule has 6 rings (SSSR count). The lowest BCUT2D eigenvalue weighted by Crippen LogP contribution is -2.41. The number of piperidine rings is 1. The van der Waals surface area contributed by atoms with Gasteiger partial charge in [0.2, 0.25) is 17.9 Å². The lowest BCUT2D eigenvalue weighted by Gasteiger charge is -2.39. The molecule has 2 fully saturated rings. The second-order valence-electron chi connectivity index (χ2n) is 12.0. The molecule has 13 heteroatoms. The van der Waals surface area contributed by atoms with Crippen molar-refractivity contribution in [3.8, 4) is 17.0 Å². The number of nitrogens with one attached hydrogen (secondary N) is 1. The first-order chi connectivity index (χ1) is 21.9. The zero-order valence-electron chi connectivity index (χ0n) is 25.4. The number of anilines is 2. The van der Waals surface area contributed by atoms with Crippen molar-refractivity contribution in [2.75, 3.05) is 36.9 Å². The van der Waals surface area contributed by atoms with Crippen LogP contribution in [0.4, 0.5) is 29.3 Å². The molecule has 1 unspecified atom stereocenters. The van der Waals surface area contributed by atoms with Crippen molar-refractivity contribution >= 4 is 28.6 Å². The summed E-state index contributed by atoms with van der Waals surface area (Å²) in [5.41, 5.74) is 8.13. The summed E-state index contributed by atoms with van der Waals surface area (Å²) in [5.74, 6) is -0.843. The van der Waals surface area contributed by atoms with Crippen molar-refractivity contribution in [2.24, 2.45) is 5.41 Å². The number of rotatable bonds is 7. The van der Waals surface area contributed by atoms with Crippen LogP contribution in [0.1, 0.15) is 43.4 Å². The molecule has 4 heterocycles. The molecule has 242 valence electrons. The number of aromatic nitrogens is 3. The number of nitrogens with two attached hydrogens (primary N) is 1. The van der Waals surface area contributed by atoms with Gasteiger partial charge in [-0.1, -0.05) is 24.3 Å². The summed E-state index contributed by atoms with van der Waals surface area (Å²) in [6, 6.07) is 12.3. The molecule has 2 aromatic carbocycles. The minimum Gasteiger partial charge on any atom is -0.465 e. The van der Waals surface area contributed by atoms with Gasteiger partial charge in [0.25, 0.3) is 0 Å². The van der Waals surface area contributed by atoms with E-state index in [1.54, 1.807) is 44.2 Å². The summed E-state index contributed by atoms with van der Waals surface area (Å²) in [7, 11) is 0. The highest BCUT2D eigenvalue weighted by Gasteiger charge is 2.45. The molecule has 2 atom stereocenters. The van der Waals surface area contributed by atoms with E-state index in [0.717, 1.165) is 19.0 Å². The molecular formula is C33H34F4N6O3. The first-order valence-corrected chi connectivity index (χ1v) is 15.1. The molecule has 2 saturated heterocycles. The smallest absolute Gasteiger partial charge is 0.429 e. The zero-order valence-corrected chi connectivity index (χ0v) is 25.4. The molecule has 0 bridgehead atoms. The summed E-state index contributed by atoms with van der Waals surface area (Å²) in [5, 5.41) is 3.85. The third-order valence-corrected chi connectivity index (χ3v) is 8.86. The van der Waals surface area contributed by atoms with Gasteiger partial charge in [-0.05, 0) is 73.4 Å². The van der Waals surface area contributed by atoms with Crippen molar-refractivity contribution in [2.45, 2.75) is 51.4 Å². The number of pyridine rings is 1. The van der Waals surface area contributed by atoms with E-state index in [9.17, 15) is 22.4 Å². The van der Waals surface area contributed by atoms with Gasteiger partial charge in [0.15, 0.2) is 0 Å². The third-order valence-electron chi connectivity index (χ3n) is 8.86. The number of ether oxygens (including phenoxy) is 2. The number of nitrogens with zero attached hydrogens (tertiary/aromatic N) is 4. The standard InChI is InChI=1S/C33H34F4N6O3/c1-3-45-30(44)26-16-32(18-40-26)8-10-43(11-9-32)27-15-28(42-31(38)41-27)46-29(33(35,36)37)24-6-4-20(12-19(24)2)21-5-7-25-22(13-21)14-23(34)17-39-25/h4-7,12-15,17,26,29,40H,3,8-11,16,18H2,1-2H3,(H2,38,41,42)/t26?,29-/m1/s1. The van der Waals surface area contributed by atoms with Gasteiger partial charge in [-0.15, -0.1) is 0 Å². The van der Waals surface area contributed by atoms with Crippen LogP contribution >= 0.6 is 0 Å². The number of carbonyl (C=O) groups is 1. The average Bonchev–Trinajstić information content (AvgIpc) is 3.43. The number of hydrogen-bond donors (Lipinski definition) is 2. The first-order valence-electron chi connectivity index (χ1n) is 15.1. The second-order valence-corrected chi connectivity index (χ2v) is 12.0. The fourth-order valence-electron chi connectivity index (χ4n) is 6.43. The van der Waals surface area contributed by atoms with E-state index in [0.29, 0.717) is 66.1 Å². The average molecular weight is 639 g/mol. The zero-order chi connectivity index (χ0) is 32.6. The van der Waals surface area contributed by atoms with Gasteiger partial charge in [-0.3, -0.25) is 9.78 Å². The minimum atomic E-state index is -4.76. The van der Waals surface area contributed by atoms with Gasteiger partial charge < -0.3 is 25.4 Å². The van der Waals surface area contributed by atoms with E-state index in [-0.39, 0.29) is 34.8 Å². The molecule has 0 amide bonds. The highest BCUT2D eigenvalue weighted by Crippen LogP contribution is 2.42. The quantitative estimate of drug-likeness (QED) is 0.188. The maximum Gasteiger partial charge on any atom is 0.429 e. The van der Waals surface area contributed by atoms with Crippen molar-refractivity contribution in [1.29, 1.82) is 0 Å². The maximum atomic E-state index is 14.5. The van der Waals surface area contributed by atoms with Crippen molar-refractivity contribution in [3.63, 3.8) is 0 Å². The fourth-order valence-corrected chi connectivity index (χ4v) is 6.43. The minimum absolute atomic E-state index is 0.0726. The highest BCUT2D eigenvalue weighted by molar-refractivity contribution is 5.84. The number of benzene rings is 2. The van der Waals surface area contributed by atoms with Crippen LogP contribution in [0.25, 0.3) is 22.0 Å². The Labute approximate surface area is 263 Å². The van der Waals surface area contributed by atoms with Crippen molar-refractivity contribution in [1.82, 2.24) is 20.3 Å². The molecule has 0 radical (unpaired) electrons. The van der Waals surface area contributed by atoms with E-state index in [1.165, 1.54) is 18.2 Å². The topological polar surface area (TPSA) is 115 Å². The molecule has 4 aromatic rings. The largest absolute Gasteiger partial charge is 0.465 e. The van der Waals surface area contributed by atoms with Gasteiger partial charge in [-0.2, -0.15) is 23.1 Å². The van der Waals surface area contributed by atoms with Crippen LogP contribution in [0.5, 0.6) is 5.88 Å². The first kappa shape index (κ1) is 31.5. The molecule has 3 N–H and O–H groups in total. The molecule has 1 spiro atoms. The summed E-state index contributed by atoms with van der Waals surface area (Å²) < 4.78 is 67.9. The van der Waals surface area contributed by atoms with Crippen LogP contribution < -0.4 is 20.7 Å². The number of nitrogen functional groups attached to an aromatic ring is 1. The fraction of sp³-hybridized carbons (Fsp3) is 0.394. The van der Waals surface area contributed by atoms with Gasteiger partial charge in [-0.25, -0.2) is 4.39 Å². The number of aryl methyl sites for hydroxylation is 1. The molecule has 9 nitrogen and oxygen atoms in total. The Morgan fingerprint density at radius 2 is 1.85 bits per heavy atom. The highest BCUT2D eigenvalue weighted by atomic mass is 19.4. The Kier molecular flexibility index (Phi) is 8.45. The Bertz CT molecular complexity index is 1760. The molecule has 2 aliphatic heterocycles. The summed E-state index contributed by atoms with van der Waals surface area (Å²) >= 11 is 0. The van der Waals surface area contributed by atoms with Crippen molar-refractivity contribution < 1.29 is 31.8 Å². The number of carbonyl (C=O) groups excluding carboxylic acids is 1. The van der Waals surface area contributed by atoms with E-state index in [4.69, 9.17) is 15.2 Å². The lowest BCUT2D eigenvalue weighted by molar-refractivity contribution is -0.198. The number of fused-ring (bicyclic) bond motifs is 1. The number of esters is 1. The Hall–Kier alpha value is -4.52. The van der Waals surface area contributed by atoms with Crippen LogP contribution in [-0.4, -0.2) is 59.4 Å². The molecule has 46 heavy (non-hydrogen) atoms. The predicted octanol–water partition coefficient (Wildman–Crippen LogP) is 5.92. The summed E-state index contributed by atoms with van der Waals surface area (Å²) in [4.78, 5) is 26.5. The molecular weight excluding hydrogens is 604 g/mol. The maximum absolute atomic E-state index is 14.5. The number of halogens is 4. The van der Waals surface area contributed by atoms with Crippen LogP contribution in [0.3, 0.4) is 0 Å². The van der Waals surface area contributed by atoms with E-state index in [1.807, 2.05) is 4.90 Å². The second kappa shape index (κ2) is 12.3. The van der Waals surface area contributed by atoms with Crippen LogP contribution in [0.2, 0.25) is 0 Å². The van der Waals surface area contributed by atoms with Crippen molar-refractivity contribution in [3.05, 3.63) is 71.7 Å². The van der Waals surface area contributed by atoms with Crippen LogP contribution in [-0.2, 0) is 9.53 Å². The van der Waals surface area contributed by atoms with Crippen LogP contribution in [0.15, 0.2) is 54.7 Å². The van der Waals surface area contributed by atoms with Gasteiger partial charge in [0, 0.05) is 36.7 Å². The van der Waals surface area contributed by atoms with Gasteiger partial charge >= 0.3 is 12.1 Å². The molecule has 2 aliphatic rings. The van der Waals surface area contributed by atoms with E-state index >= 15 is 0 Å². The molecule has 0 aliphatic carbocycles. The van der Waals surface area contributed by atoms with Crippen LogP contribution in [0, 0.1) is 18.2 Å². The predicted molar refractivity (Wildman–Crippen MR) is 165 cm³/mol. The SMILES string of the molecule is CCOC(=O)C1CC2(CCN(c3cc(O[C@H](c4ccc(-c5ccc6ncc(F)cc6c5)cc4C)C(F)(F)F)nc(N)n3)CC2)CN1. The van der Waals surface area contributed by atoms with E-state index in [2.05, 4.69) is 20.3 Å². The lowest BCUT2D eigenvalue weighted by atomic mass is 9.76.